The third-order valence-electron chi connectivity index (χ3n) is 5.51. The van der Waals surface area contributed by atoms with Crippen molar-refractivity contribution in [2.75, 3.05) is 7.11 Å². The van der Waals surface area contributed by atoms with Gasteiger partial charge in [0.2, 0.25) is 15.3 Å². The number of hydrogen-bond acceptors (Lipinski definition) is 4. The Morgan fingerprint density at radius 1 is 0.969 bits per heavy atom. The van der Waals surface area contributed by atoms with Crippen LogP contribution in [-0.2, 0) is 16.4 Å². The maximum absolute atomic E-state index is 13.4. The lowest BCUT2D eigenvalue weighted by atomic mass is 10.1. The van der Waals surface area contributed by atoms with Crippen molar-refractivity contribution in [1.82, 2.24) is 4.57 Å². The van der Waals surface area contributed by atoms with Crippen LogP contribution in [0.25, 0.3) is 10.9 Å². The van der Waals surface area contributed by atoms with Crippen LogP contribution >= 0.6 is 11.6 Å². The molecule has 1 aromatic heterocycles. The molecule has 0 amide bonds. The Kier molecular flexibility index (Phi) is 5.84. The van der Waals surface area contributed by atoms with E-state index in [-0.39, 0.29) is 15.2 Å². The van der Waals surface area contributed by atoms with E-state index >= 15 is 0 Å². The number of fused-ring (bicyclic) bond motifs is 1. The smallest absolute Gasteiger partial charge is 0.211 e. The molecule has 4 rings (SSSR count). The Balaban J connectivity index is 1.99. The van der Waals surface area contributed by atoms with Gasteiger partial charge in [0.25, 0.3) is 0 Å². The van der Waals surface area contributed by atoms with E-state index in [0.717, 1.165) is 16.7 Å². The molecule has 5 nitrogen and oxygen atoms in total. The molecule has 0 atom stereocenters. The number of aromatic nitrogens is 1. The SMILES string of the molecule is COc1ccc2c(c1)c(=O)c(S(=O)(=O)c1ccc(Cl)cc1)cn2Cc1cc(C)ccc1C. The van der Waals surface area contributed by atoms with Crippen LogP contribution in [0.5, 0.6) is 5.75 Å². The molecule has 0 saturated heterocycles. The van der Waals surface area contributed by atoms with E-state index in [1.807, 2.05) is 26.0 Å². The number of halogens is 1. The zero-order chi connectivity index (χ0) is 23.0. The minimum absolute atomic E-state index is 0.0135. The summed E-state index contributed by atoms with van der Waals surface area (Å²) in [6.07, 6.45) is 1.43. The van der Waals surface area contributed by atoms with Gasteiger partial charge in [-0.2, -0.15) is 0 Å². The Morgan fingerprint density at radius 2 is 1.69 bits per heavy atom. The molecule has 0 aliphatic carbocycles. The van der Waals surface area contributed by atoms with Crippen molar-refractivity contribution in [1.29, 1.82) is 0 Å². The summed E-state index contributed by atoms with van der Waals surface area (Å²) in [6, 6.07) is 17.0. The van der Waals surface area contributed by atoms with Crippen LogP contribution in [0, 0.1) is 13.8 Å². The van der Waals surface area contributed by atoms with E-state index in [0.29, 0.717) is 22.8 Å². The van der Waals surface area contributed by atoms with E-state index < -0.39 is 15.3 Å². The molecular formula is C25H22ClNO4S. The molecule has 0 fully saturated rings. The fourth-order valence-electron chi connectivity index (χ4n) is 3.69. The quantitative estimate of drug-likeness (QED) is 0.406. The summed E-state index contributed by atoms with van der Waals surface area (Å²) in [5, 5.41) is 0.698. The summed E-state index contributed by atoms with van der Waals surface area (Å²) < 4.78 is 33.9. The van der Waals surface area contributed by atoms with Crippen LogP contribution in [-0.4, -0.2) is 20.1 Å². The van der Waals surface area contributed by atoms with Crippen LogP contribution in [0.3, 0.4) is 0 Å². The minimum Gasteiger partial charge on any atom is -0.497 e. The second-order valence-corrected chi connectivity index (χ2v) is 10.1. The van der Waals surface area contributed by atoms with E-state index in [9.17, 15) is 13.2 Å². The highest BCUT2D eigenvalue weighted by molar-refractivity contribution is 7.91. The second-order valence-electron chi connectivity index (χ2n) is 7.72. The summed E-state index contributed by atoms with van der Waals surface area (Å²) in [6.45, 7) is 4.43. The van der Waals surface area contributed by atoms with Gasteiger partial charge in [0.1, 0.15) is 10.6 Å². The molecule has 164 valence electrons. The summed E-state index contributed by atoms with van der Waals surface area (Å²) in [5.41, 5.74) is 3.29. The fourth-order valence-corrected chi connectivity index (χ4v) is 5.19. The Morgan fingerprint density at radius 3 is 2.38 bits per heavy atom. The van der Waals surface area contributed by atoms with Crippen molar-refractivity contribution in [3.05, 3.63) is 98.8 Å². The van der Waals surface area contributed by atoms with Gasteiger partial charge in [-0.15, -0.1) is 0 Å². The molecular weight excluding hydrogens is 446 g/mol. The molecule has 0 radical (unpaired) electrons. The Labute approximate surface area is 191 Å². The number of sulfone groups is 1. The number of hydrogen-bond donors (Lipinski definition) is 0. The largest absolute Gasteiger partial charge is 0.497 e. The molecule has 0 saturated carbocycles. The van der Waals surface area contributed by atoms with Crippen LogP contribution in [0.15, 0.2) is 81.4 Å². The summed E-state index contributed by atoms with van der Waals surface area (Å²) in [5.74, 6) is 0.480. The number of methoxy groups -OCH3 is 1. The van der Waals surface area contributed by atoms with Gasteiger partial charge in [0, 0.05) is 17.8 Å². The average Bonchev–Trinajstić information content (AvgIpc) is 2.78. The Hall–Kier alpha value is -3.09. The average molecular weight is 468 g/mol. The van der Waals surface area contributed by atoms with E-state index in [1.165, 1.54) is 37.6 Å². The van der Waals surface area contributed by atoms with Gasteiger partial charge in [-0.05, 0) is 67.4 Å². The van der Waals surface area contributed by atoms with Gasteiger partial charge in [0.15, 0.2) is 0 Å². The number of nitrogens with zero attached hydrogens (tertiary/aromatic N) is 1. The van der Waals surface area contributed by atoms with Gasteiger partial charge in [-0.25, -0.2) is 8.42 Å². The van der Waals surface area contributed by atoms with Crippen LogP contribution in [0.4, 0.5) is 0 Å². The first-order chi connectivity index (χ1) is 15.2. The molecule has 0 unspecified atom stereocenters. The predicted octanol–water partition coefficient (Wildman–Crippen LogP) is 5.16. The maximum atomic E-state index is 13.4. The molecule has 1 heterocycles. The van der Waals surface area contributed by atoms with Crippen molar-refractivity contribution in [2.24, 2.45) is 0 Å². The zero-order valence-corrected chi connectivity index (χ0v) is 19.5. The van der Waals surface area contributed by atoms with Crippen molar-refractivity contribution in [3.8, 4) is 5.75 Å². The van der Waals surface area contributed by atoms with Gasteiger partial charge in [0.05, 0.1) is 22.9 Å². The summed E-state index contributed by atoms with van der Waals surface area (Å²) >= 11 is 5.92. The van der Waals surface area contributed by atoms with Crippen LogP contribution in [0.1, 0.15) is 16.7 Å². The lowest BCUT2D eigenvalue weighted by Gasteiger charge is -2.16. The van der Waals surface area contributed by atoms with E-state index in [2.05, 4.69) is 6.07 Å². The number of benzene rings is 3. The maximum Gasteiger partial charge on any atom is 0.211 e. The first kappa shape index (κ1) is 22.1. The van der Waals surface area contributed by atoms with Crippen molar-refractivity contribution >= 4 is 32.3 Å². The van der Waals surface area contributed by atoms with Crippen LogP contribution in [0.2, 0.25) is 5.02 Å². The monoisotopic (exact) mass is 467 g/mol. The highest BCUT2D eigenvalue weighted by atomic mass is 35.5. The highest BCUT2D eigenvalue weighted by Crippen LogP contribution is 2.26. The summed E-state index contributed by atoms with van der Waals surface area (Å²) in [4.78, 5) is 13.1. The molecule has 0 aliphatic rings. The Bertz CT molecular complexity index is 1490. The summed E-state index contributed by atoms with van der Waals surface area (Å²) in [7, 11) is -2.56. The molecule has 7 heteroatoms. The molecule has 0 spiro atoms. The number of aryl methyl sites for hydroxylation is 2. The third kappa shape index (κ3) is 4.04. The first-order valence-corrected chi connectivity index (χ1v) is 11.8. The molecule has 3 aromatic carbocycles. The third-order valence-corrected chi connectivity index (χ3v) is 7.53. The lowest BCUT2D eigenvalue weighted by molar-refractivity contribution is 0.415. The lowest BCUT2D eigenvalue weighted by Crippen LogP contribution is -2.20. The second kappa shape index (κ2) is 8.45. The number of pyridine rings is 1. The molecule has 4 aromatic rings. The predicted molar refractivity (Wildman–Crippen MR) is 127 cm³/mol. The van der Waals surface area contributed by atoms with Gasteiger partial charge in [-0.1, -0.05) is 35.4 Å². The molecule has 0 bridgehead atoms. The van der Waals surface area contributed by atoms with Crippen molar-refractivity contribution in [3.63, 3.8) is 0 Å². The molecule has 32 heavy (non-hydrogen) atoms. The minimum atomic E-state index is -4.06. The van der Waals surface area contributed by atoms with E-state index in [1.54, 1.807) is 22.8 Å². The first-order valence-electron chi connectivity index (χ1n) is 9.98. The van der Waals surface area contributed by atoms with E-state index in [4.69, 9.17) is 16.3 Å². The van der Waals surface area contributed by atoms with Crippen molar-refractivity contribution < 1.29 is 13.2 Å². The normalized spacial score (nSPS) is 11.6. The van der Waals surface area contributed by atoms with Crippen molar-refractivity contribution in [2.45, 2.75) is 30.2 Å². The number of rotatable bonds is 5. The zero-order valence-electron chi connectivity index (χ0n) is 17.9. The van der Waals surface area contributed by atoms with Gasteiger partial charge >= 0.3 is 0 Å². The number of ether oxygens (including phenoxy) is 1. The van der Waals surface area contributed by atoms with Gasteiger partial charge in [-0.3, -0.25) is 4.79 Å². The van der Waals surface area contributed by atoms with Crippen LogP contribution < -0.4 is 10.2 Å². The fraction of sp³-hybridized carbons (Fsp3) is 0.160. The molecule has 0 aliphatic heterocycles. The highest BCUT2D eigenvalue weighted by Gasteiger charge is 2.24. The topological polar surface area (TPSA) is 65.4 Å². The van der Waals surface area contributed by atoms with Gasteiger partial charge < -0.3 is 9.30 Å². The molecule has 0 N–H and O–H groups in total. The standard InChI is InChI=1S/C25H22ClNO4S/c1-16-4-5-17(2)18(12-16)14-27-15-24(32(29,30)21-9-6-19(26)7-10-21)25(28)22-13-20(31-3)8-11-23(22)27/h4-13,15H,14H2,1-3H3.